The molecule has 9 heteroatoms. The van der Waals surface area contributed by atoms with Gasteiger partial charge in [0.2, 0.25) is 11.8 Å². The van der Waals surface area contributed by atoms with Crippen molar-refractivity contribution in [1.82, 2.24) is 20.9 Å². The molecule has 0 bridgehead atoms. The predicted octanol–water partition coefficient (Wildman–Crippen LogP) is 3.14. The Labute approximate surface area is 207 Å². The van der Waals surface area contributed by atoms with Crippen LogP contribution < -0.4 is 21.3 Å². The largest absolute Gasteiger partial charge is 0.336 e. The minimum atomic E-state index is -0.152. The summed E-state index contributed by atoms with van der Waals surface area (Å²) in [5, 5.41) is 12.8. The lowest BCUT2D eigenvalue weighted by atomic mass is 10.0. The number of hydrogen-bond acceptors (Lipinski definition) is 7. The number of carbonyl (C=O) groups excluding carboxylic acids is 2. The van der Waals surface area contributed by atoms with E-state index in [1.165, 1.54) is 0 Å². The van der Waals surface area contributed by atoms with E-state index in [4.69, 9.17) is 0 Å². The number of aliphatic imine (C=N–C) groups is 2. The maximum absolute atomic E-state index is 12.3. The lowest BCUT2D eigenvalue weighted by molar-refractivity contribution is -0.120. The van der Waals surface area contributed by atoms with Crippen molar-refractivity contribution in [2.75, 3.05) is 31.6 Å². The van der Waals surface area contributed by atoms with E-state index < -0.39 is 0 Å². The van der Waals surface area contributed by atoms with Gasteiger partial charge < -0.3 is 21.3 Å². The van der Waals surface area contributed by atoms with Gasteiger partial charge in [-0.3, -0.25) is 19.6 Å². The van der Waals surface area contributed by atoms with E-state index in [2.05, 4.69) is 43.0 Å². The van der Waals surface area contributed by atoms with Gasteiger partial charge in [-0.05, 0) is 68.9 Å². The van der Waals surface area contributed by atoms with Crippen molar-refractivity contribution < 1.29 is 9.59 Å². The smallest absolute Gasteiger partial charge is 0.242 e. The average molecular weight is 480 g/mol. The van der Waals surface area contributed by atoms with E-state index in [1.807, 2.05) is 45.0 Å². The van der Waals surface area contributed by atoms with Gasteiger partial charge in [0, 0.05) is 23.4 Å². The van der Waals surface area contributed by atoms with Crippen LogP contribution in [0.25, 0.3) is 16.5 Å². The fourth-order valence-corrected chi connectivity index (χ4v) is 3.50. The normalized spacial score (nSPS) is 15.5. The predicted molar refractivity (Wildman–Crippen MR) is 145 cm³/mol. The van der Waals surface area contributed by atoms with Gasteiger partial charge >= 0.3 is 0 Å². The Morgan fingerprint density at radius 1 is 1.26 bits per heavy atom. The Balaban J connectivity index is 0.00000210. The van der Waals surface area contributed by atoms with Crippen molar-refractivity contribution in [2.24, 2.45) is 9.98 Å². The molecular weight excluding hydrogens is 442 g/mol. The molecule has 1 atom stereocenters. The number of rotatable bonds is 11. The quantitative estimate of drug-likeness (QED) is 0.292. The molecule has 2 aromatic rings. The maximum Gasteiger partial charge on any atom is 0.242 e. The molecule has 9 nitrogen and oxygen atoms in total. The van der Waals surface area contributed by atoms with Crippen LogP contribution in [0.3, 0.4) is 0 Å². The molecule has 2 heterocycles. The van der Waals surface area contributed by atoms with Crippen LogP contribution in [0, 0.1) is 0 Å². The fraction of sp³-hybridized carbons (Fsp3) is 0.423. The van der Waals surface area contributed by atoms with Crippen LogP contribution in [-0.2, 0) is 9.59 Å². The number of allylic oxidation sites excluding steroid dienone is 1. The summed E-state index contributed by atoms with van der Waals surface area (Å²) in [7, 11) is 0. The molecule has 35 heavy (non-hydrogen) atoms. The number of benzene rings is 1. The Hall–Kier alpha value is -3.43. The van der Waals surface area contributed by atoms with Crippen LogP contribution >= 0.6 is 0 Å². The molecule has 3 rings (SSSR count). The number of anilines is 1. The number of fused-ring (bicyclic) bond motifs is 1. The Morgan fingerprint density at radius 2 is 2.09 bits per heavy atom. The zero-order valence-electron chi connectivity index (χ0n) is 20.9. The molecule has 188 valence electrons. The van der Waals surface area contributed by atoms with Crippen molar-refractivity contribution in [3.63, 3.8) is 0 Å². The monoisotopic (exact) mass is 479 g/mol. The van der Waals surface area contributed by atoms with Crippen LogP contribution in [0.2, 0.25) is 0 Å². The van der Waals surface area contributed by atoms with Gasteiger partial charge in [0.15, 0.2) is 0 Å². The molecule has 1 aromatic heterocycles. The van der Waals surface area contributed by atoms with Crippen LogP contribution in [0.5, 0.6) is 0 Å². The lowest BCUT2D eigenvalue weighted by Gasteiger charge is -2.11. The third-order valence-corrected chi connectivity index (χ3v) is 5.19. The maximum atomic E-state index is 12.3. The number of hydrogen-bond donors (Lipinski definition) is 4. The van der Waals surface area contributed by atoms with Gasteiger partial charge in [-0.25, -0.2) is 4.98 Å². The average Bonchev–Trinajstić information content (AvgIpc) is 3.42. The topological polar surface area (TPSA) is 120 Å². The van der Waals surface area contributed by atoms with Gasteiger partial charge in [0.1, 0.15) is 12.5 Å². The van der Waals surface area contributed by atoms with E-state index >= 15 is 0 Å². The second-order valence-electron chi connectivity index (χ2n) is 7.76. The van der Waals surface area contributed by atoms with Crippen molar-refractivity contribution in [1.29, 1.82) is 0 Å². The number of nitrogens with one attached hydrogen (secondary N) is 4. The van der Waals surface area contributed by atoms with E-state index in [9.17, 15) is 9.59 Å². The summed E-state index contributed by atoms with van der Waals surface area (Å²) in [4.78, 5) is 36.8. The highest BCUT2D eigenvalue weighted by Crippen LogP contribution is 2.21. The first-order valence-corrected chi connectivity index (χ1v) is 12.2. The van der Waals surface area contributed by atoms with E-state index in [0.717, 1.165) is 54.4 Å². The highest BCUT2D eigenvalue weighted by molar-refractivity contribution is 6.10. The number of carbonyl (C=O) groups is 2. The molecule has 1 aromatic carbocycles. The number of pyridine rings is 1. The molecule has 1 aliphatic rings. The first-order valence-electron chi connectivity index (χ1n) is 12.2. The highest BCUT2D eigenvalue weighted by Gasteiger charge is 2.22. The highest BCUT2D eigenvalue weighted by atomic mass is 16.2. The van der Waals surface area contributed by atoms with Gasteiger partial charge in [0.05, 0.1) is 18.1 Å². The van der Waals surface area contributed by atoms with E-state index in [-0.39, 0.29) is 31.1 Å². The molecule has 0 unspecified atom stereocenters. The van der Waals surface area contributed by atoms with Gasteiger partial charge in [0.25, 0.3) is 0 Å². The number of amides is 2. The molecule has 4 N–H and O–H groups in total. The summed E-state index contributed by atoms with van der Waals surface area (Å²) in [6, 6.07) is 9.34. The van der Waals surface area contributed by atoms with E-state index in [1.54, 1.807) is 18.5 Å². The molecular formula is C26H37N7O2. The molecule has 1 fully saturated rings. The van der Waals surface area contributed by atoms with Gasteiger partial charge in [-0.2, -0.15) is 0 Å². The Morgan fingerprint density at radius 3 is 2.80 bits per heavy atom. The zero-order chi connectivity index (χ0) is 25.5. The van der Waals surface area contributed by atoms with Crippen LogP contribution in [-0.4, -0.2) is 62.1 Å². The molecule has 1 aliphatic heterocycles. The van der Waals surface area contributed by atoms with Crippen LogP contribution in [0.15, 0.2) is 46.5 Å². The Bertz CT molecular complexity index is 1040. The third kappa shape index (κ3) is 9.03. The standard InChI is InChI=1S/C24H31N7O2.C2H6/c1-3-10-26-15-23(32)29-16-27-14-19(13-25-2)17-6-8-20-18(12-17)7-9-22(30-20)31-24(33)21-5-4-11-28-21;1-2/h6-9,12-14,21,26,28H,2-5,10-11,15-16H2,1H3,(H,29,32)(H,30,31,33);1-2H3/b19-13+,27-14-;/t21-;/m0./s1. The van der Waals surface area contributed by atoms with Gasteiger partial charge in [-0.1, -0.05) is 26.8 Å². The van der Waals surface area contributed by atoms with Crippen molar-refractivity contribution in [3.05, 3.63) is 42.1 Å². The molecule has 2 amide bonds. The lowest BCUT2D eigenvalue weighted by Crippen LogP contribution is -2.35. The summed E-state index contributed by atoms with van der Waals surface area (Å²) >= 11 is 0. The summed E-state index contributed by atoms with van der Waals surface area (Å²) in [6.45, 7) is 11.7. The SMILES string of the molecule is C=N/C=C(\C=N/CNC(=O)CNCCC)c1ccc2nc(NC(=O)[C@@H]3CCCN3)ccc2c1.CC. The second kappa shape index (κ2) is 15.5. The fourth-order valence-electron chi connectivity index (χ4n) is 3.50. The summed E-state index contributed by atoms with van der Waals surface area (Å²) < 4.78 is 0. The van der Waals surface area contributed by atoms with Gasteiger partial charge in [-0.15, -0.1) is 0 Å². The number of aromatic nitrogens is 1. The Kier molecular flexibility index (Phi) is 12.3. The number of nitrogens with zero attached hydrogens (tertiary/aromatic N) is 3. The molecule has 0 aliphatic carbocycles. The molecule has 0 saturated carbocycles. The van der Waals surface area contributed by atoms with Crippen molar-refractivity contribution >= 4 is 47.0 Å². The first-order chi connectivity index (χ1) is 17.1. The zero-order valence-corrected chi connectivity index (χ0v) is 20.9. The van der Waals surface area contributed by atoms with Crippen molar-refractivity contribution in [2.45, 2.75) is 46.1 Å². The third-order valence-electron chi connectivity index (χ3n) is 5.19. The minimum Gasteiger partial charge on any atom is -0.336 e. The van der Waals surface area contributed by atoms with Crippen LogP contribution in [0.1, 0.15) is 45.6 Å². The first kappa shape index (κ1) is 27.8. The summed E-state index contributed by atoms with van der Waals surface area (Å²) in [5.74, 6) is 0.377. The van der Waals surface area contributed by atoms with Crippen molar-refractivity contribution in [3.8, 4) is 0 Å². The molecule has 0 spiro atoms. The summed E-state index contributed by atoms with van der Waals surface area (Å²) in [5.41, 5.74) is 2.42. The van der Waals surface area contributed by atoms with E-state index in [0.29, 0.717) is 5.82 Å². The minimum absolute atomic E-state index is 0.0531. The second-order valence-corrected chi connectivity index (χ2v) is 7.76. The molecule has 1 saturated heterocycles. The molecule has 0 radical (unpaired) electrons. The van der Waals surface area contributed by atoms with Crippen LogP contribution in [0.4, 0.5) is 5.82 Å². The summed E-state index contributed by atoms with van der Waals surface area (Å²) in [6.07, 6.45) is 6.10.